The van der Waals surface area contributed by atoms with Gasteiger partial charge in [0, 0.05) is 16.0 Å². The number of hydrogen-bond donors (Lipinski definition) is 2. The molecule has 2 aromatic carbocycles. The third-order valence-corrected chi connectivity index (χ3v) is 4.26. The molecule has 2 amide bonds. The van der Waals surface area contributed by atoms with Crippen molar-refractivity contribution in [3.8, 4) is 11.5 Å². The number of nitrogens with one attached hydrogen (secondary N) is 1. The molecule has 0 saturated carbocycles. The molecule has 2 aromatic heterocycles. The fourth-order valence-corrected chi connectivity index (χ4v) is 3.12. The van der Waals surface area contributed by atoms with Crippen LogP contribution in [0, 0.1) is 0 Å². The summed E-state index contributed by atoms with van der Waals surface area (Å²) in [5, 5.41) is 15.9. The lowest BCUT2D eigenvalue weighted by molar-refractivity contribution is 0.0949. The summed E-state index contributed by atoms with van der Waals surface area (Å²) in [5.74, 6) is 0.214. The molecule has 0 aliphatic heterocycles. The van der Waals surface area contributed by atoms with Gasteiger partial charge in [-0.05, 0) is 24.3 Å². The second kappa shape index (κ2) is 7.16. The summed E-state index contributed by atoms with van der Waals surface area (Å²) in [6.07, 6.45) is 1.68. The molecule has 0 saturated heterocycles. The molecular weight excluding hydrogens is 384 g/mol. The number of amides is 2. The van der Waals surface area contributed by atoms with Gasteiger partial charge in [-0.3, -0.25) is 14.8 Å². The Morgan fingerprint density at radius 2 is 1.96 bits per heavy atom. The first-order valence-electron chi connectivity index (χ1n) is 8.21. The molecule has 0 aliphatic rings. The first kappa shape index (κ1) is 17.7. The summed E-state index contributed by atoms with van der Waals surface area (Å²) in [4.78, 5) is 27.4. The maximum absolute atomic E-state index is 12.3. The van der Waals surface area contributed by atoms with Crippen molar-refractivity contribution in [2.24, 2.45) is 0 Å². The van der Waals surface area contributed by atoms with Gasteiger partial charge in [0.2, 0.25) is 5.89 Å². The van der Waals surface area contributed by atoms with Crippen molar-refractivity contribution in [2.75, 3.05) is 0 Å². The second-order valence-electron chi connectivity index (χ2n) is 5.95. The Morgan fingerprint density at radius 3 is 2.71 bits per heavy atom. The Kier molecular flexibility index (Phi) is 4.54. The third-order valence-electron chi connectivity index (χ3n) is 4.04. The van der Waals surface area contributed by atoms with Gasteiger partial charge in [0.15, 0.2) is 0 Å². The molecule has 8 nitrogen and oxygen atoms in total. The molecule has 0 unspecified atom stereocenters. The highest BCUT2D eigenvalue weighted by molar-refractivity contribution is 6.32. The van der Waals surface area contributed by atoms with Crippen LogP contribution in [0.3, 0.4) is 0 Å². The summed E-state index contributed by atoms with van der Waals surface area (Å²) >= 11 is 6.05. The van der Waals surface area contributed by atoms with Crippen LogP contribution in [-0.4, -0.2) is 31.9 Å². The van der Waals surface area contributed by atoms with E-state index >= 15 is 0 Å². The van der Waals surface area contributed by atoms with E-state index in [0.717, 1.165) is 5.56 Å². The minimum Gasteiger partial charge on any atom is -0.465 e. The Bertz CT molecular complexity index is 1180. The lowest BCUT2D eigenvalue weighted by Crippen LogP contribution is -2.29. The molecule has 2 N–H and O–H groups in total. The molecule has 0 atom stereocenters. The molecule has 4 rings (SSSR count). The first-order valence-corrected chi connectivity index (χ1v) is 8.58. The number of benzene rings is 2. The number of nitrogens with zero attached hydrogens (tertiary/aromatic N) is 3. The van der Waals surface area contributed by atoms with E-state index in [0.29, 0.717) is 27.6 Å². The number of oxazole rings is 1. The molecule has 0 aliphatic carbocycles. The van der Waals surface area contributed by atoms with E-state index in [2.05, 4.69) is 10.1 Å². The highest BCUT2D eigenvalue weighted by Gasteiger charge is 2.19. The van der Waals surface area contributed by atoms with Crippen molar-refractivity contribution in [3.63, 3.8) is 0 Å². The predicted molar refractivity (Wildman–Crippen MR) is 101 cm³/mol. The van der Waals surface area contributed by atoms with Crippen LogP contribution in [0.2, 0.25) is 5.02 Å². The number of rotatable bonds is 4. The molecule has 28 heavy (non-hydrogen) atoms. The van der Waals surface area contributed by atoms with Gasteiger partial charge in [0.1, 0.15) is 12.3 Å². The number of halogens is 1. The Labute approximate surface area is 163 Å². The summed E-state index contributed by atoms with van der Waals surface area (Å²) in [7, 11) is 0. The maximum Gasteiger partial charge on any atom is 0.411 e. The first-order chi connectivity index (χ1) is 13.5. The van der Waals surface area contributed by atoms with Crippen LogP contribution in [0.25, 0.3) is 22.4 Å². The van der Waals surface area contributed by atoms with Gasteiger partial charge in [0.25, 0.3) is 5.91 Å². The highest BCUT2D eigenvalue weighted by atomic mass is 35.5. The van der Waals surface area contributed by atoms with E-state index in [-0.39, 0.29) is 12.1 Å². The SMILES string of the molecule is O=C(O)NC(=O)c1cc(Cl)cc2cnn(Cc3cnc(-c4ccccc4)o3)c12. The van der Waals surface area contributed by atoms with E-state index < -0.39 is 12.0 Å². The molecule has 4 aromatic rings. The van der Waals surface area contributed by atoms with E-state index in [1.807, 2.05) is 35.6 Å². The lowest BCUT2D eigenvalue weighted by atomic mass is 10.1. The fraction of sp³-hybridized carbons (Fsp3) is 0.0526. The van der Waals surface area contributed by atoms with Gasteiger partial charge in [0.05, 0.1) is 23.5 Å². The largest absolute Gasteiger partial charge is 0.465 e. The number of imide groups is 1. The maximum atomic E-state index is 12.3. The summed E-state index contributed by atoms with van der Waals surface area (Å²) < 4.78 is 7.33. The van der Waals surface area contributed by atoms with Gasteiger partial charge >= 0.3 is 6.09 Å². The van der Waals surface area contributed by atoms with Crippen molar-refractivity contribution in [2.45, 2.75) is 6.54 Å². The normalized spacial score (nSPS) is 10.9. The van der Waals surface area contributed by atoms with Crippen LogP contribution in [0.1, 0.15) is 16.1 Å². The van der Waals surface area contributed by atoms with E-state index in [9.17, 15) is 9.59 Å². The summed E-state index contributed by atoms with van der Waals surface area (Å²) in [6, 6.07) is 12.5. The molecule has 0 fully saturated rings. The summed E-state index contributed by atoms with van der Waals surface area (Å²) in [6.45, 7) is 0.207. The standard InChI is InChI=1S/C19H13ClN4O4/c20-13-6-12-8-22-24(16(12)15(7-13)17(25)23-19(26)27)10-14-9-21-18(28-14)11-4-2-1-3-5-11/h1-9H,10H2,(H,23,25)(H,26,27). The van der Waals surface area contributed by atoms with Gasteiger partial charge < -0.3 is 9.52 Å². The van der Waals surface area contributed by atoms with Crippen LogP contribution in [0.5, 0.6) is 0 Å². The van der Waals surface area contributed by atoms with Crippen molar-refractivity contribution >= 4 is 34.5 Å². The topological polar surface area (TPSA) is 110 Å². The molecule has 0 bridgehead atoms. The van der Waals surface area contributed by atoms with Crippen molar-refractivity contribution in [1.82, 2.24) is 20.1 Å². The fourth-order valence-electron chi connectivity index (χ4n) is 2.90. The van der Waals surface area contributed by atoms with Crippen LogP contribution in [0.4, 0.5) is 4.79 Å². The van der Waals surface area contributed by atoms with Crippen LogP contribution in [-0.2, 0) is 6.54 Å². The number of carbonyl (C=O) groups is 2. The Balaban J connectivity index is 1.71. The zero-order valence-electron chi connectivity index (χ0n) is 14.3. The molecule has 9 heteroatoms. The summed E-state index contributed by atoms with van der Waals surface area (Å²) in [5.41, 5.74) is 1.39. The van der Waals surface area contributed by atoms with Crippen molar-refractivity contribution < 1.29 is 19.1 Å². The molecular formula is C19H13ClN4O4. The average molecular weight is 397 g/mol. The highest BCUT2D eigenvalue weighted by Crippen LogP contribution is 2.26. The number of carbonyl (C=O) groups excluding carboxylic acids is 1. The monoisotopic (exact) mass is 396 g/mol. The van der Waals surface area contributed by atoms with E-state index in [1.54, 1.807) is 18.5 Å². The molecule has 0 radical (unpaired) electrons. The Hall–Kier alpha value is -3.65. The van der Waals surface area contributed by atoms with E-state index in [4.69, 9.17) is 21.1 Å². The smallest absolute Gasteiger partial charge is 0.411 e. The van der Waals surface area contributed by atoms with Gasteiger partial charge in [-0.1, -0.05) is 29.8 Å². The van der Waals surface area contributed by atoms with Crippen molar-refractivity contribution in [3.05, 3.63) is 71.2 Å². The van der Waals surface area contributed by atoms with Gasteiger partial charge in [-0.25, -0.2) is 9.78 Å². The lowest BCUT2D eigenvalue weighted by Gasteiger charge is -2.07. The zero-order valence-corrected chi connectivity index (χ0v) is 15.1. The number of aromatic nitrogens is 3. The molecule has 140 valence electrons. The van der Waals surface area contributed by atoms with E-state index in [1.165, 1.54) is 10.7 Å². The second-order valence-corrected chi connectivity index (χ2v) is 6.39. The van der Waals surface area contributed by atoms with Crippen LogP contribution >= 0.6 is 11.6 Å². The number of hydrogen-bond acceptors (Lipinski definition) is 5. The average Bonchev–Trinajstić information content (AvgIpc) is 3.29. The Morgan fingerprint density at radius 1 is 1.18 bits per heavy atom. The van der Waals surface area contributed by atoms with Crippen molar-refractivity contribution in [1.29, 1.82) is 0 Å². The quantitative estimate of drug-likeness (QED) is 0.542. The minimum atomic E-state index is -1.45. The van der Waals surface area contributed by atoms with Crippen LogP contribution < -0.4 is 5.32 Å². The van der Waals surface area contributed by atoms with Gasteiger partial charge in [-0.15, -0.1) is 0 Å². The zero-order chi connectivity index (χ0) is 19.7. The molecule has 2 heterocycles. The minimum absolute atomic E-state index is 0.102. The predicted octanol–water partition coefficient (Wildman–Crippen LogP) is 3.80. The number of carboxylic acid groups (broad SMARTS) is 1. The molecule has 0 spiro atoms. The van der Waals surface area contributed by atoms with Gasteiger partial charge in [-0.2, -0.15) is 5.10 Å². The number of fused-ring (bicyclic) bond motifs is 1. The van der Waals surface area contributed by atoms with Crippen LogP contribution in [0.15, 0.2) is 59.3 Å². The third kappa shape index (κ3) is 3.45.